The first-order valence-electron chi connectivity index (χ1n) is 7.02. The van der Waals surface area contributed by atoms with Gasteiger partial charge in [-0.25, -0.2) is 0 Å². The summed E-state index contributed by atoms with van der Waals surface area (Å²) >= 11 is 0. The molecule has 1 atom stereocenters. The molecule has 104 valence electrons. The Morgan fingerprint density at radius 1 is 0.900 bits per heavy atom. The molecule has 1 aliphatic heterocycles. The Bertz CT molecular complexity index is 516. The summed E-state index contributed by atoms with van der Waals surface area (Å²) in [5.74, 6) is 0. The molecule has 0 radical (unpaired) electrons. The quantitative estimate of drug-likeness (QED) is 0.900. The first-order valence-corrected chi connectivity index (χ1v) is 7.02. The number of rotatable bonds is 3. The fraction of sp³-hybridized carbons (Fsp3) is 0.294. The SMILES string of the molecule is ON1CCC[C@H]1C(O)(c1ccccc1)c1ccccc1. The minimum atomic E-state index is -1.19. The lowest BCUT2D eigenvalue weighted by Crippen LogP contribution is -2.47. The highest BCUT2D eigenvalue weighted by Gasteiger charge is 2.45. The summed E-state index contributed by atoms with van der Waals surface area (Å²) in [5, 5.41) is 22.8. The van der Waals surface area contributed by atoms with Crippen molar-refractivity contribution in [3.05, 3.63) is 71.8 Å². The lowest BCUT2D eigenvalue weighted by molar-refractivity contribution is -0.155. The largest absolute Gasteiger partial charge is 0.379 e. The van der Waals surface area contributed by atoms with Gasteiger partial charge < -0.3 is 10.3 Å². The second kappa shape index (κ2) is 5.37. The van der Waals surface area contributed by atoms with Gasteiger partial charge in [0.2, 0.25) is 0 Å². The van der Waals surface area contributed by atoms with E-state index in [0.717, 1.165) is 24.0 Å². The molecule has 1 saturated heterocycles. The van der Waals surface area contributed by atoms with Crippen LogP contribution in [0.15, 0.2) is 60.7 Å². The molecular formula is C17H19NO2. The maximum atomic E-state index is 11.4. The van der Waals surface area contributed by atoms with Gasteiger partial charge in [-0.15, -0.1) is 0 Å². The van der Waals surface area contributed by atoms with Crippen molar-refractivity contribution in [2.75, 3.05) is 6.54 Å². The highest BCUT2D eigenvalue weighted by molar-refractivity contribution is 5.38. The summed E-state index contributed by atoms with van der Waals surface area (Å²) in [4.78, 5) is 0. The van der Waals surface area contributed by atoms with Crippen LogP contribution >= 0.6 is 0 Å². The number of nitrogens with zero attached hydrogens (tertiary/aromatic N) is 1. The van der Waals surface area contributed by atoms with Crippen molar-refractivity contribution in [3.63, 3.8) is 0 Å². The third-order valence-electron chi connectivity index (χ3n) is 4.13. The van der Waals surface area contributed by atoms with E-state index in [0.29, 0.717) is 6.54 Å². The number of hydroxylamine groups is 2. The molecule has 0 spiro atoms. The van der Waals surface area contributed by atoms with Crippen molar-refractivity contribution >= 4 is 0 Å². The van der Waals surface area contributed by atoms with Crippen molar-refractivity contribution in [3.8, 4) is 0 Å². The number of hydrogen-bond acceptors (Lipinski definition) is 3. The molecule has 0 amide bonds. The second-order valence-corrected chi connectivity index (χ2v) is 5.32. The van der Waals surface area contributed by atoms with Crippen molar-refractivity contribution in [2.24, 2.45) is 0 Å². The van der Waals surface area contributed by atoms with Gasteiger partial charge >= 0.3 is 0 Å². The Balaban J connectivity index is 2.13. The van der Waals surface area contributed by atoms with E-state index in [-0.39, 0.29) is 6.04 Å². The first kappa shape index (κ1) is 13.3. The van der Waals surface area contributed by atoms with Gasteiger partial charge in [0.1, 0.15) is 5.60 Å². The smallest absolute Gasteiger partial charge is 0.132 e. The summed E-state index contributed by atoms with van der Waals surface area (Å²) in [7, 11) is 0. The second-order valence-electron chi connectivity index (χ2n) is 5.32. The fourth-order valence-electron chi connectivity index (χ4n) is 3.11. The zero-order valence-corrected chi connectivity index (χ0v) is 11.3. The fourth-order valence-corrected chi connectivity index (χ4v) is 3.11. The average molecular weight is 269 g/mol. The van der Waals surface area contributed by atoms with Gasteiger partial charge in [0.25, 0.3) is 0 Å². The van der Waals surface area contributed by atoms with Crippen LogP contribution in [0.4, 0.5) is 0 Å². The zero-order chi connectivity index (χ0) is 14.0. The Morgan fingerprint density at radius 3 is 1.80 bits per heavy atom. The van der Waals surface area contributed by atoms with Gasteiger partial charge in [-0.05, 0) is 24.0 Å². The predicted molar refractivity (Wildman–Crippen MR) is 77.4 cm³/mol. The van der Waals surface area contributed by atoms with Crippen molar-refractivity contribution in [1.82, 2.24) is 5.06 Å². The molecule has 20 heavy (non-hydrogen) atoms. The molecule has 0 aliphatic carbocycles. The molecule has 0 unspecified atom stereocenters. The predicted octanol–water partition coefficient (Wildman–Crippen LogP) is 2.78. The summed E-state index contributed by atoms with van der Waals surface area (Å²) in [6.07, 6.45) is 1.67. The zero-order valence-electron chi connectivity index (χ0n) is 11.3. The average Bonchev–Trinajstić information content (AvgIpc) is 2.95. The van der Waals surface area contributed by atoms with Crippen LogP contribution in [0, 0.1) is 0 Å². The molecule has 1 heterocycles. The summed E-state index contributed by atoms with van der Waals surface area (Å²) < 4.78 is 0. The van der Waals surface area contributed by atoms with Gasteiger partial charge in [-0.2, -0.15) is 5.06 Å². The van der Waals surface area contributed by atoms with Crippen LogP contribution in [0.1, 0.15) is 24.0 Å². The third kappa shape index (κ3) is 2.14. The molecule has 2 N–H and O–H groups in total. The third-order valence-corrected chi connectivity index (χ3v) is 4.13. The monoisotopic (exact) mass is 269 g/mol. The lowest BCUT2D eigenvalue weighted by Gasteiger charge is -2.37. The minimum Gasteiger partial charge on any atom is -0.379 e. The highest BCUT2D eigenvalue weighted by Crippen LogP contribution is 2.39. The van der Waals surface area contributed by atoms with E-state index in [9.17, 15) is 10.3 Å². The summed E-state index contributed by atoms with van der Waals surface area (Å²) in [5.41, 5.74) is 0.447. The molecule has 3 rings (SSSR count). The standard InChI is InChI=1S/C17H19NO2/c19-17(14-8-3-1-4-9-14,15-10-5-2-6-11-15)16-12-7-13-18(16)20/h1-6,8-11,16,19-20H,7,12-13H2/t16-/m0/s1. The van der Waals surface area contributed by atoms with Crippen LogP contribution in [0.25, 0.3) is 0 Å². The minimum absolute atomic E-state index is 0.313. The molecule has 2 aromatic carbocycles. The van der Waals surface area contributed by atoms with Crippen molar-refractivity contribution in [2.45, 2.75) is 24.5 Å². The number of benzene rings is 2. The number of aliphatic hydroxyl groups is 1. The first-order chi connectivity index (χ1) is 9.73. The van der Waals surface area contributed by atoms with E-state index in [4.69, 9.17) is 0 Å². The molecule has 0 saturated carbocycles. The topological polar surface area (TPSA) is 43.7 Å². The summed E-state index contributed by atoms with van der Waals surface area (Å²) in [6.45, 7) is 0.604. The van der Waals surface area contributed by atoms with Crippen LogP contribution in [0.5, 0.6) is 0 Å². The molecular weight excluding hydrogens is 250 g/mol. The van der Waals surface area contributed by atoms with E-state index in [1.165, 1.54) is 5.06 Å². The van der Waals surface area contributed by atoms with Gasteiger partial charge in [0.15, 0.2) is 0 Å². The van der Waals surface area contributed by atoms with Gasteiger partial charge in [0.05, 0.1) is 6.04 Å². The molecule has 1 fully saturated rings. The Hall–Kier alpha value is -1.68. The van der Waals surface area contributed by atoms with E-state index >= 15 is 0 Å². The van der Waals surface area contributed by atoms with Gasteiger partial charge in [0, 0.05) is 6.54 Å². The summed E-state index contributed by atoms with van der Waals surface area (Å²) in [6, 6.07) is 18.9. The van der Waals surface area contributed by atoms with Gasteiger partial charge in [-0.3, -0.25) is 0 Å². The molecule has 0 bridgehead atoms. The van der Waals surface area contributed by atoms with Crippen LogP contribution in [0.3, 0.4) is 0 Å². The van der Waals surface area contributed by atoms with Crippen molar-refractivity contribution < 1.29 is 10.3 Å². The molecule has 3 heteroatoms. The maximum absolute atomic E-state index is 11.4. The maximum Gasteiger partial charge on any atom is 0.132 e. The van der Waals surface area contributed by atoms with Crippen LogP contribution in [-0.4, -0.2) is 28.0 Å². The lowest BCUT2D eigenvalue weighted by atomic mass is 9.79. The highest BCUT2D eigenvalue weighted by atomic mass is 16.5. The van der Waals surface area contributed by atoms with Crippen LogP contribution < -0.4 is 0 Å². The van der Waals surface area contributed by atoms with Gasteiger partial charge in [-0.1, -0.05) is 60.7 Å². The normalized spacial score (nSPS) is 20.2. The molecule has 3 nitrogen and oxygen atoms in total. The van der Waals surface area contributed by atoms with E-state index in [1.807, 2.05) is 60.7 Å². The molecule has 1 aliphatic rings. The Morgan fingerprint density at radius 2 is 1.40 bits per heavy atom. The molecule has 0 aromatic heterocycles. The Kier molecular flexibility index (Phi) is 3.57. The van der Waals surface area contributed by atoms with Crippen LogP contribution in [0.2, 0.25) is 0 Å². The van der Waals surface area contributed by atoms with Crippen molar-refractivity contribution in [1.29, 1.82) is 0 Å². The van der Waals surface area contributed by atoms with E-state index in [2.05, 4.69) is 0 Å². The van der Waals surface area contributed by atoms with E-state index < -0.39 is 5.60 Å². The number of hydrogen-bond donors (Lipinski definition) is 2. The van der Waals surface area contributed by atoms with Crippen LogP contribution in [-0.2, 0) is 5.60 Å². The van der Waals surface area contributed by atoms with E-state index in [1.54, 1.807) is 0 Å². The Labute approximate surface area is 119 Å². The molecule has 2 aromatic rings.